The van der Waals surface area contributed by atoms with Crippen LogP contribution in [0.25, 0.3) is 10.9 Å². The minimum atomic E-state index is -0.883. The van der Waals surface area contributed by atoms with Gasteiger partial charge in [0.05, 0.1) is 5.56 Å². The molecule has 0 atom stereocenters. The molecule has 1 aromatic heterocycles. The number of aromatic nitrogens is 1. The monoisotopic (exact) mass is 260 g/mol. The maximum absolute atomic E-state index is 11.1. The van der Waals surface area contributed by atoms with Gasteiger partial charge in [-0.3, -0.25) is 0 Å². The van der Waals surface area contributed by atoms with Crippen LogP contribution in [0.1, 0.15) is 42.9 Å². The van der Waals surface area contributed by atoms with Gasteiger partial charge in [0, 0.05) is 23.8 Å². The lowest BCUT2D eigenvalue weighted by molar-refractivity contribution is 0.0697. The highest BCUT2D eigenvalue weighted by molar-refractivity contribution is 5.93. The molecular formula is C15H20N2O2. The van der Waals surface area contributed by atoms with Gasteiger partial charge in [-0.15, -0.1) is 0 Å². The molecule has 102 valence electrons. The van der Waals surface area contributed by atoms with E-state index in [4.69, 9.17) is 5.11 Å². The molecule has 0 unspecified atom stereocenters. The van der Waals surface area contributed by atoms with Gasteiger partial charge in [-0.05, 0) is 44.0 Å². The predicted octanol–water partition coefficient (Wildman–Crippen LogP) is 3.03. The van der Waals surface area contributed by atoms with Crippen molar-refractivity contribution in [3.63, 3.8) is 0 Å². The first-order valence-electron chi connectivity index (χ1n) is 6.62. The molecule has 1 heterocycles. The molecule has 4 heteroatoms. The van der Waals surface area contributed by atoms with E-state index in [-0.39, 0.29) is 0 Å². The molecule has 0 spiro atoms. The molecule has 0 aliphatic rings. The summed E-state index contributed by atoms with van der Waals surface area (Å²) in [5, 5.41) is 13.5. The SMILES string of the molecule is CCNCc1cc2ccc(C(=O)O)cc2n1C(C)C. The molecule has 0 saturated carbocycles. The Hall–Kier alpha value is -1.81. The van der Waals surface area contributed by atoms with Gasteiger partial charge >= 0.3 is 5.97 Å². The molecule has 0 fully saturated rings. The summed E-state index contributed by atoms with van der Waals surface area (Å²) >= 11 is 0. The third-order valence-electron chi connectivity index (χ3n) is 3.24. The Kier molecular flexibility index (Phi) is 3.90. The lowest BCUT2D eigenvalue weighted by Gasteiger charge is -2.15. The number of nitrogens with zero attached hydrogens (tertiary/aromatic N) is 1. The van der Waals surface area contributed by atoms with Gasteiger partial charge in [0.1, 0.15) is 0 Å². The van der Waals surface area contributed by atoms with E-state index in [0.29, 0.717) is 11.6 Å². The Labute approximate surface area is 113 Å². The van der Waals surface area contributed by atoms with Crippen molar-refractivity contribution in [3.8, 4) is 0 Å². The molecule has 4 nitrogen and oxygen atoms in total. The summed E-state index contributed by atoms with van der Waals surface area (Å²) in [5.41, 5.74) is 2.51. The van der Waals surface area contributed by atoms with Crippen LogP contribution in [-0.4, -0.2) is 22.2 Å². The molecule has 0 aliphatic carbocycles. The van der Waals surface area contributed by atoms with Crippen LogP contribution in [-0.2, 0) is 6.54 Å². The van der Waals surface area contributed by atoms with Crippen LogP contribution in [0.5, 0.6) is 0 Å². The Bertz CT molecular complexity index is 599. The van der Waals surface area contributed by atoms with Crippen LogP contribution >= 0.6 is 0 Å². The van der Waals surface area contributed by atoms with E-state index in [1.54, 1.807) is 12.1 Å². The highest BCUT2D eigenvalue weighted by Crippen LogP contribution is 2.25. The lowest BCUT2D eigenvalue weighted by atomic mass is 10.1. The van der Waals surface area contributed by atoms with Crippen LogP contribution in [0.15, 0.2) is 24.3 Å². The first-order chi connectivity index (χ1) is 9.04. The quantitative estimate of drug-likeness (QED) is 0.868. The fourth-order valence-corrected chi connectivity index (χ4v) is 2.41. The number of rotatable bonds is 5. The fourth-order valence-electron chi connectivity index (χ4n) is 2.41. The maximum Gasteiger partial charge on any atom is 0.335 e. The summed E-state index contributed by atoms with van der Waals surface area (Å²) in [6.45, 7) is 8.02. The maximum atomic E-state index is 11.1. The van der Waals surface area contributed by atoms with Gasteiger partial charge < -0.3 is 15.0 Å². The number of fused-ring (bicyclic) bond motifs is 1. The minimum absolute atomic E-state index is 0.301. The number of carboxylic acid groups (broad SMARTS) is 1. The molecular weight excluding hydrogens is 240 g/mol. The molecule has 0 bridgehead atoms. The number of aromatic carboxylic acids is 1. The third-order valence-corrected chi connectivity index (χ3v) is 3.24. The Morgan fingerprint density at radius 3 is 2.68 bits per heavy atom. The van der Waals surface area contributed by atoms with Crippen molar-refractivity contribution >= 4 is 16.9 Å². The summed E-state index contributed by atoms with van der Waals surface area (Å²) in [7, 11) is 0. The minimum Gasteiger partial charge on any atom is -0.478 e. The lowest BCUT2D eigenvalue weighted by Crippen LogP contribution is -2.16. The van der Waals surface area contributed by atoms with Crippen molar-refractivity contribution in [2.45, 2.75) is 33.4 Å². The Balaban J connectivity index is 2.58. The van der Waals surface area contributed by atoms with Crippen LogP contribution in [0.2, 0.25) is 0 Å². The molecule has 0 amide bonds. The second kappa shape index (κ2) is 5.45. The smallest absolute Gasteiger partial charge is 0.335 e. The number of carboxylic acids is 1. The number of carbonyl (C=O) groups is 1. The third kappa shape index (κ3) is 2.63. The van der Waals surface area contributed by atoms with Crippen molar-refractivity contribution in [3.05, 3.63) is 35.5 Å². The van der Waals surface area contributed by atoms with Gasteiger partial charge in [-0.1, -0.05) is 13.0 Å². The van der Waals surface area contributed by atoms with E-state index in [0.717, 1.165) is 24.0 Å². The van der Waals surface area contributed by atoms with Gasteiger partial charge in [0.25, 0.3) is 0 Å². The van der Waals surface area contributed by atoms with Crippen molar-refractivity contribution < 1.29 is 9.90 Å². The van der Waals surface area contributed by atoms with Crippen LogP contribution in [0.3, 0.4) is 0 Å². The zero-order valence-electron chi connectivity index (χ0n) is 11.6. The molecule has 0 radical (unpaired) electrons. The first-order valence-corrected chi connectivity index (χ1v) is 6.62. The Morgan fingerprint density at radius 1 is 1.37 bits per heavy atom. The van der Waals surface area contributed by atoms with E-state index in [1.807, 2.05) is 6.07 Å². The second-order valence-electron chi connectivity index (χ2n) is 4.96. The molecule has 1 aromatic carbocycles. The normalized spacial score (nSPS) is 11.4. The molecule has 0 saturated heterocycles. The van der Waals surface area contributed by atoms with E-state index < -0.39 is 5.97 Å². The summed E-state index contributed by atoms with van der Waals surface area (Å²) in [5.74, 6) is -0.883. The number of hydrogen-bond acceptors (Lipinski definition) is 2. The summed E-state index contributed by atoms with van der Waals surface area (Å²) in [6, 6.07) is 7.73. The predicted molar refractivity (Wildman–Crippen MR) is 76.7 cm³/mol. The van der Waals surface area contributed by atoms with E-state index in [2.05, 4.69) is 36.7 Å². The second-order valence-corrected chi connectivity index (χ2v) is 4.96. The average Bonchev–Trinajstić information content (AvgIpc) is 2.73. The van der Waals surface area contributed by atoms with Crippen molar-refractivity contribution in [1.29, 1.82) is 0 Å². The highest BCUT2D eigenvalue weighted by Gasteiger charge is 2.13. The molecule has 2 aromatic rings. The standard InChI is InChI=1S/C15H20N2O2/c1-4-16-9-13-7-11-5-6-12(15(18)19)8-14(11)17(13)10(2)3/h5-8,10,16H,4,9H2,1-3H3,(H,18,19). The highest BCUT2D eigenvalue weighted by atomic mass is 16.4. The first kappa shape index (κ1) is 13.6. The largest absolute Gasteiger partial charge is 0.478 e. The fraction of sp³-hybridized carbons (Fsp3) is 0.400. The van der Waals surface area contributed by atoms with E-state index in [1.165, 1.54) is 5.69 Å². The van der Waals surface area contributed by atoms with Gasteiger partial charge in [0.2, 0.25) is 0 Å². The van der Waals surface area contributed by atoms with Gasteiger partial charge in [-0.2, -0.15) is 0 Å². The van der Waals surface area contributed by atoms with Gasteiger partial charge in [-0.25, -0.2) is 4.79 Å². The van der Waals surface area contributed by atoms with Crippen LogP contribution in [0, 0.1) is 0 Å². The van der Waals surface area contributed by atoms with E-state index >= 15 is 0 Å². The van der Waals surface area contributed by atoms with E-state index in [9.17, 15) is 4.79 Å². The summed E-state index contributed by atoms with van der Waals surface area (Å²) in [4.78, 5) is 11.1. The van der Waals surface area contributed by atoms with Crippen molar-refractivity contribution in [2.75, 3.05) is 6.54 Å². The van der Waals surface area contributed by atoms with Crippen LogP contribution < -0.4 is 5.32 Å². The van der Waals surface area contributed by atoms with Crippen molar-refractivity contribution in [1.82, 2.24) is 9.88 Å². The number of nitrogens with one attached hydrogen (secondary N) is 1. The zero-order chi connectivity index (χ0) is 14.0. The number of hydrogen-bond donors (Lipinski definition) is 2. The van der Waals surface area contributed by atoms with Crippen LogP contribution in [0.4, 0.5) is 0 Å². The molecule has 0 aliphatic heterocycles. The average molecular weight is 260 g/mol. The number of benzene rings is 1. The molecule has 19 heavy (non-hydrogen) atoms. The Morgan fingerprint density at radius 2 is 2.11 bits per heavy atom. The zero-order valence-corrected chi connectivity index (χ0v) is 11.6. The topological polar surface area (TPSA) is 54.3 Å². The van der Waals surface area contributed by atoms with Crippen molar-refractivity contribution in [2.24, 2.45) is 0 Å². The van der Waals surface area contributed by atoms with Gasteiger partial charge in [0.15, 0.2) is 0 Å². The summed E-state index contributed by atoms with van der Waals surface area (Å²) in [6.07, 6.45) is 0. The molecule has 2 N–H and O–H groups in total. The molecule has 2 rings (SSSR count). The summed E-state index contributed by atoms with van der Waals surface area (Å²) < 4.78 is 2.20.